The molecule has 0 aliphatic rings. The highest BCUT2D eigenvalue weighted by Crippen LogP contribution is 2.24. The van der Waals surface area contributed by atoms with Crippen LogP contribution in [0.3, 0.4) is 0 Å². The quantitative estimate of drug-likeness (QED) is 0.851. The molecular weight excluding hydrogens is 371 g/mol. The van der Waals surface area contributed by atoms with Gasteiger partial charge in [0, 0.05) is 15.7 Å². The predicted molar refractivity (Wildman–Crippen MR) is 98.5 cm³/mol. The molecule has 0 heterocycles. The van der Waals surface area contributed by atoms with Gasteiger partial charge in [0.25, 0.3) is 0 Å². The van der Waals surface area contributed by atoms with Crippen molar-refractivity contribution in [2.45, 2.75) is 6.92 Å². The first-order chi connectivity index (χ1) is 11.2. The molecule has 8 heteroatoms. The predicted octanol–water partition coefficient (Wildman–Crippen LogP) is 3.71. The normalized spacial score (nSPS) is 11.2. The summed E-state index contributed by atoms with van der Waals surface area (Å²) in [5.41, 5.74) is 1.57. The summed E-state index contributed by atoms with van der Waals surface area (Å²) < 4.78 is 25.1. The lowest BCUT2D eigenvalue weighted by Gasteiger charge is -2.22. The van der Waals surface area contributed by atoms with E-state index < -0.39 is 15.9 Å². The Morgan fingerprint density at radius 1 is 1.17 bits per heavy atom. The van der Waals surface area contributed by atoms with Crippen LogP contribution < -0.4 is 9.62 Å². The highest BCUT2D eigenvalue weighted by molar-refractivity contribution is 7.92. The number of carbonyl (C=O) groups excluding carboxylic acids is 1. The van der Waals surface area contributed by atoms with Crippen LogP contribution >= 0.6 is 23.2 Å². The minimum Gasteiger partial charge on any atom is -0.324 e. The highest BCUT2D eigenvalue weighted by Gasteiger charge is 2.21. The van der Waals surface area contributed by atoms with Gasteiger partial charge in [-0.3, -0.25) is 9.10 Å². The third kappa shape index (κ3) is 4.63. The Balaban J connectivity index is 2.24. The van der Waals surface area contributed by atoms with Crippen molar-refractivity contribution in [1.82, 2.24) is 0 Å². The molecule has 0 radical (unpaired) electrons. The van der Waals surface area contributed by atoms with Crippen LogP contribution in [0.1, 0.15) is 5.56 Å². The van der Waals surface area contributed by atoms with Crippen LogP contribution in [0.15, 0.2) is 42.5 Å². The van der Waals surface area contributed by atoms with Gasteiger partial charge >= 0.3 is 0 Å². The lowest BCUT2D eigenvalue weighted by Crippen LogP contribution is -2.37. The van der Waals surface area contributed by atoms with Crippen molar-refractivity contribution in [3.05, 3.63) is 58.1 Å². The van der Waals surface area contributed by atoms with Gasteiger partial charge in [-0.25, -0.2) is 8.42 Å². The summed E-state index contributed by atoms with van der Waals surface area (Å²) in [6.07, 6.45) is 1.03. The number of anilines is 2. The monoisotopic (exact) mass is 386 g/mol. The van der Waals surface area contributed by atoms with Gasteiger partial charge in [-0.05, 0) is 42.8 Å². The topological polar surface area (TPSA) is 66.5 Å². The summed E-state index contributed by atoms with van der Waals surface area (Å²) >= 11 is 11.9. The number of nitrogens with zero attached hydrogens (tertiary/aromatic N) is 1. The van der Waals surface area contributed by atoms with Crippen molar-refractivity contribution in [3.63, 3.8) is 0 Å². The molecule has 24 heavy (non-hydrogen) atoms. The summed E-state index contributed by atoms with van der Waals surface area (Å²) in [4.78, 5) is 12.3. The van der Waals surface area contributed by atoms with E-state index in [2.05, 4.69) is 5.32 Å². The van der Waals surface area contributed by atoms with Gasteiger partial charge in [0.1, 0.15) is 6.54 Å². The molecule has 0 aromatic heterocycles. The smallest absolute Gasteiger partial charge is 0.245 e. The molecule has 0 aliphatic carbocycles. The molecule has 1 amide bonds. The van der Waals surface area contributed by atoms with Gasteiger partial charge in [-0.2, -0.15) is 0 Å². The molecule has 1 N–H and O–H groups in total. The highest BCUT2D eigenvalue weighted by atomic mass is 35.5. The maximum absolute atomic E-state index is 12.3. The first-order valence-electron chi connectivity index (χ1n) is 6.97. The van der Waals surface area contributed by atoms with Crippen molar-refractivity contribution in [1.29, 1.82) is 0 Å². The summed E-state index contributed by atoms with van der Waals surface area (Å²) in [5.74, 6) is -0.481. The van der Waals surface area contributed by atoms with E-state index in [9.17, 15) is 13.2 Å². The minimum atomic E-state index is -3.65. The number of carbonyl (C=O) groups is 1. The second-order valence-corrected chi connectivity index (χ2v) is 7.96. The molecule has 2 aromatic carbocycles. The van der Waals surface area contributed by atoms with Gasteiger partial charge in [0.15, 0.2) is 0 Å². The Bertz CT molecular complexity index is 869. The van der Waals surface area contributed by atoms with Gasteiger partial charge < -0.3 is 5.32 Å². The zero-order valence-corrected chi connectivity index (χ0v) is 15.4. The molecule has 0 aliphatic heterocycles. The van der Waals surface area contributed by atoms with Crippen molar-refractivity contribution >= 4 is 50.5 Å². The minimum absolute atomic E-state index is 0.322. The number of sulfonamides is 1. The van der Waals surface area contributed by atoms with E-state index in [0.717, 1.165) is 10.6 Å². The van der Waals surface area contributed by atoms with Gasteiger partial charge in [0.2, 0.25) is 15.9 Å². The molecule has 0 unspecified atom stereocenters. The fourth-order valence-electron chi connectivity index (χ4n) is 2.09. The molecular formula is C16H16Cl2N2O3S. The largest absolute Gasteiger partial charge is 0.324 e. The number of rotatable bonds is 5. The Hall–Kier alpha value is -1.76. The second-order valence-electron chi connectivity index (χ2n) is 5.21. The molecule has 0 bridgehead atoms. The molecule has 2 rings (SSSR count). The van der Waals surface area contributed by atoms with E-state index in [4.69, 9.17) is 23.2 Å². The van der Waals surface area contributed by atoms with Gasteiger partial charge in [0.05, 0.1) is 11.9 Å². The molecule has 0 atom stereocenters. The second kappa shape index (κ2) is 7.42. The summed E-state index contributed by atoms with van der Waals surface area (Å²) in [6, 6.07) is 11.4. The van der Waals surface area contributed by atoms with E-state index in [-0.39, 0.29) is 6.54 Å². The SMILES string of the molecule is Cc1c(Cl)cccc1NC(=O)CN(c1cccc(Cl)c1)S(C)(=O)=O. The first-order valence-corrected chi connectivity index (χ1v) is 9.57. The Morgan fingerprint density at radius 2 is 1.83 bits per heavy atom. The summed E-state index contributed by atoms with van der Waals surface area (Å²) in [6.45, 7) is 1.40. The van der Waals surface area contributed by atoms with Crippen molar-refractivity contribution in [2.75, 3.05) is 22.4 Å². The number of halogens is 2. The lowest BCUT2D eigenvalue weighted by atomic mass is 10.2. The average Bonchev–Trinajstić information content (AvgIpc) is 2.48. The number of benzene rings is 2. The Kier molecular flexibility index (Phi) is 5.74. The van der Waals surface area contributed by atoms with Crippen LogP contribution in [0, 0.1) is 6.92 Å². The van der Waals surface area contributed by atoms with E-state index >= 15 is 0 Å². The van der Waals surface area contributed by atoms with Crippen LogP contribution in [-0.4, -0.2) is 27.1 Å². The van der Waals surface area contributed by atoms with Crippen LogP contribution in [0.2, 0.25) is 10.0 Å². The van der Waals surface area contributed by atoms with Crippen molar-refractivity contribution in [3.8, 4) is 0 Å². The molecule has 0 spiro atoms. The molecule has 128 valence electrons. The molecule has 2 aromatic rings. The average molecular weight is 387 g/mol. The zero-order chi connectivity index (χ0) is 17.9. The molecule has 0 saturated carbocycles. The van der Waals surface area contributed by atoms with E-state index in [1.807, 2.05) is 0 Å². The van der Waals surface area contributed by atoms with Crippen molar-refractivity contribution < 1.29 is 13.2 Å². The Labute approximate surface area is 151 Å². The maximum Gasteiger partial charge on any atom is 0.245 e. The first kappa shape index (κ1) is 18.6. The standard InChI is InChI=1S/C16H16Cl2N2O3S/c1-11-14(18)7-4-8-15(11)19-16(21)10-20(24(2,22)23)13-6-3-5-12(17)9-13/h3-9H,10H2,1-2H3,(H,19,21). The molecule has 0 fully saturated rings. The lowest BCUT2D eigenvalue weighted by molar-refractivity contribution is -0.114. The van der Waals surface area contributed by atoms with Gasteiger partial charge in [-0.1, -0.05) is 35.3 Å². The maximum atomic E-state index is 12.3. The Morgan fingerprint density at radius 3 is 2.46 bits per heavy atom. The van der Waals surface area contributed by atoms with E-state index in [1.54, 1.807) is 43.3 Å². The number of hydrogen-bond acceptors (Lipinski definition) is 3. The van der Waals surface area contributed by atoms with Crippen LogP contribution in [0.25, 0.3) is 0 Å². The van der Waals surface area contributed by atoms with E-state index in [1.165, 1.54) is 6.07 Å². The fourth-order valence-corrected chi connectivity index (χ4v) is 3.30. The van der Waals surface area contributed by atoms with E-state index in [0.29, 0.717) is 27.0 Å². The molecule has 0 saturated heterocycles. The van der Waals surface area contributed by atoms with Crippen LogP contribution in [0.4, 0.5) is 11.4 Å². The van der Waals surface area contributed by atoms with Gasteiger partial charge in [-0.15, -0.1) is 0 Å². The number of hydrogen-bond donors (Lipinski definition) is 1. The van der Waals surface area contributed by atoms with Crippen LogP contribution in [0.5, 0.6) is 0 Å². The van der Waals surface area contributed by atoms with Crippen molar-refractivity contribution in [2.24, 2.45) is 0 Å². The number of nitrogens with one attached hydrogen (secondary N) is 1. The fraction of sp³-hybridized carbons (Fsp3) is 0.188. The zero-order valence-electron chi connectivity index (χ0n) is 13.1. The summed E-state index contributed by atoms with van der Waals surface area (Å²) in [7, 11) is -3.65. The van der Waals surface area contributed by atoms with Crippen LogP contribution in [-0.2, 0) is 14.8 Å². The third-order valence-corrected chi connectivity index (χ3v) is 5.11. The summed E-state index contributed by atoms with van der Waals surface area (Å²) in [5, 5.41) is 3.57. The number of amides is 1. The third-order valence-electron chi connectivity index (χ3n) is 3.33. The molecule has 5 nitrogen and oxygen atoms in total.